The molecule has 3 amide bonds. The van der Waals surface area contributed by atoms with Crippen LogP contribution in [0.4, 0.5) is 21.9 Å². The summed E-state index contributed by atoms with van der Waals surface area (Å²) in [6, 6.07) is 5.70. The van der Waals surface area contributed by atoms with Crippen LogP contribution in [0.5, 0.6) is 0 Å². The summed E-state index contributed by atoms with van der Waals surface area (Å²) in [6.07, 6.45) is 4.99. The van der Waals surface area contributed by atoms with Gasteiger partial charge in [-0.1, -0.05) is 6.07 Å². The lowest BCUT2D eigenvalue weighted by Gasteiger charge is -2.41. The smallest absolute Gasteiger partial charge is 0.410 e. The Morgan fingerprint density at radius 3 is 2.22 bits per heavy atom. The third-order valence-corrected chi connectivity index (χ3v) is 7.60. The Morgan fingerprint density at radius 2 is 1.64 bits per heavy atom. The number of amides is 3. The number of piperidine rings is 3. The van der Waals surface area contributed by atoms with Crippen molar-refractivity contribution < 1.29 is 19.1 Å². The van der Waals surface area contributed by atoms with Crippen molar-refractivity contribution in [2.45, 2.75) is 70.9 Å². The summed E-state index contributed by atoms with van der Waals surface area (Å²) in [5.74, 6) is 0.844. The first kappa shape index (κ1) is 26.1. The van der Waals surface area contributed by atoms with Crippen LogP contribution in [0.25, 0.3) is 0 Å². The van der Waals surface area contributed by atoms with Crippen molar-refractivity contribution in [3.63, 3.8) is 0 Å². The van der Waals surface area contributed by atoms with Crippen molar-refractivity contribution in [2.75, 3.05) is 48.8 Å². The highest BCUT2D eigenvalue weighted by molar-refractivity contribution is 6.02. The number of imide groups is 1. The number of hydrogen-bond acceptors (Lipinski definition) is 7. The molecule has 0 aromatic heterocycles. The van der Waals surface area contributed by atoms with Crippen LogP contribution in [-0.4, -0.2) is 67.7 Å². The van der Waals surface area contributed by atoms with Gasteiger partial charge in [0.05, 0.1) is 17.1 Å². The van der Waals surface area contributed by atoms with E-state index in [0.29, 0.717) is 24.7 Å². The van der Waals surface area contributed by atoms with E-state index in [2.05, 4.69) is 26.9 Å². The monoisotopic (exact) mass is 499 g/mol. The zero-order valence-corrected chi connectivity index (χ0v) is 22.1. The van der Waals surface area contributed by atoms with E-state index in [1.54, 1.807) is 0 Å². The normalized spacial score (nSPS) is 22.3. The minimum atomic E-state index is -0.457. The van der Waals surface area contributed by atoms with Crippen LogP contribution in [0.1, 0.15) is 59.3 Å². The molecule has 1 atom stereocenters. The first-order valence-corrected chi connectivity index (χ1v) is 13.3. The molecule has 3 fully saturated rings. The minimum absolute atomic E-state index is 0.193. The lowest BCUT2D eigenvalue weighted by atomic mass is 9.78. The van der Waals surface area contributed by atoms with E-state index in [4.69, 9.17) is 4.74 Å². The van der Waals surface area contributed by atoms with Crippen LogP contribution < -0.4 is 20.9 Å². The highest BCUT2D eigenvalue weighted by atomic mass is 16.6. The van der Waals surface area contributed by atoms with Gasteiger partial charge < -0.3 is 25.2 Å². The second-order valence-electron chi connectivity index (χ2n) is 11.2. The number of likely N-dealkylation sites (tertiary alicyclic amines) is 1. The van der Waals surface area contributed by atoms with E-state index in [1.165, 1.54) is 0 Å². The molecule has 0 bridgehead atoms. The standard InChI is InChI=1S/C27H41N5O4/c1-27(2,3)36-26(35)32-16-12-19(13-17-32)18-10-14-31(15-11-18)22-7-5-6-20(24(22)28-4)29-21-8-9-23(33)30-25(21)34/h5-7,18-19,21,28-29H,8-17H2,1-4H3,(H,30,33,34). The molecule has 0 radical (unpaired) electrons. The molecule has 0 spiro atoms. The zero-order valence-electron chi connectivity index (χ0n) is 22.1. The first-order valence-electron chi connectivity index (χ1n) is 13.3. The van der Waals surface area contributed by atoms with Crippen molar-refractivity contribution in [1.29, 1.82) is 0 Å². The second-order valence-corrected chi connectivity index (χ2v) is 11.2. The van der Waals surface area contributed by atoms with Crippen molar-refractivity contribution in [3.05, 3.63) is 18.2 Å². The Morgan fingerprint density at radius 1 is 1.00 bits per heavy atom. The third kappa shape index (κ3) is 6.23. The summed E-state index contributed by atoms with van der Waals surface area (Å²) in [7, 11) is 1.90. The first-order chi connectivity index (χ1) is 17.1. The predicted octanol–water partition coefficient (Wildman–Crippen LogP) is 3.81. The van der Waals surface area contributed by atoms with Gasteiger partial charge in [0.25, 0.3) is 0 Å². The Kier molecular flexibility index (Phi) is 7.95. The van der Waals surface area contributed by atoms with Crippen LogP contribution in [-0.2, 0) is 14.3 Å². The zero-order chi connectivity index (χ0) is 25.9. The highest BCUT2D eigenvalue weighted by Crippen LogP contribution is 2.39. The largest absolute Gasteiger partial charge is 0.444 e. The number of rotatable bonds is 5. The molecular weight excluding hydrogens is 458 g/mol. The van der Waals surface area contributed by atoms with Crippen molar-refractivity contribution >= 4 is 35.0 Å². The number of benzene rings is 1. The minimum Gasteiger partial charge on any atom is -0.444 e. The maximum absolute atomic E-state index is 12.4. The molecule has 0 aliphatic carbocycles. The van der Waals surface area contributed by atoms with Gasteiger partial charge in [0.2, 0.25) is 11.8 Å². The van der Waals surface area contributed by atoms with Gasteiger partial charge in [0.1, 0.15) is 11.6 Å². The average molecular weight is 500 g/mol. The lowest BCUT2D eigenvalue weighted by molar-refractivity contribution is -0.133. The summed E-state index contributed by atoms with van der Waals surface area (Å²) >= 11 is 0. The van der Waals surface area contributed by atoms with Gasteiger partial charge in [-0.15, -0.1) is 0 Å². The number of anilines is 3. The summed E-state index contributed by atoms with van der Waals surface area (Å²) in [4.78, 5) is 40.4. The molecule has 1 unspecified atom stereocenters. The molecular formula is C27H41N5O4. The highest BCUT2D eigenvalue weighted by Gasteiger charge is 2.33. The van der Waals surface area contributed by atoms with Crippen molar-refractivity contribution in [3.8, 4) is 0 Å². The average Bonchev–Trinajstić information content (AvgIpc) is 2.85. The number of hydrogen-bond donors (Lipinski definition) is 3. The summed E-state index contributed by atoms with van der Waals surface area (Å²) in [6.45, 7) is 9.24. The third-order valence-electron chi connectivity index (χ3n) is 7.60. The fraction of sp³-hybridized carbons (Fsp3) is 0.667. The van der Waals surface area contributed by atoms with Gasteiger partial charge in [-0.05, 0) is 76.8 Å². The van der Waals surface area contributed by atoms with Gasteiger partial charge in [-0.2, -0.15) is 0 Å². The predicted molar refractivity (Wildman–Crippen MR) is 141 cm³/mol. The van der Waals surface area contributed by atoms with Crippen molar-refractivity contribution in [2.24, 2.45) is 11.8 Å². The fourth-order valence-electron chi connectivity index (χ4n) is 5.70. The van der Waals surface area contributed by atoms with Gasteiger partial charge in [0.15, 0.2) is 0 Å². The molecule has 3 aliphatic rings. The van der Waals surface area contributed by atoms with E-state index >= 15 is 0 Å². The molecule has 1 aromatic rings. The number of carbonyl (C=O) groups is 3. The fourth-order valence-corrected chi connectivity index (χ4v) is 5.70. The van der Waals surface area contributed by atoms with Gasteiger partial charge in [0, 0.05) is 39.6 Å². The number of para-hydroxylation sites is 1. The molecule has 0 saturated carbocycles. The number of nitrogens with one attached hydrogen (secondary N) is 3. The van der Waals surface area contributed by atoms with Crippen molar-refractivity contribution in [1.82, 2.24) is 10.2 Å². The van der Waals surface area contributed by atoms with Gasteiger partial charge >= 0.3 is 6.09 Å². The number of nitrogens with zero attached hydrogens (tertiary/aromatic N) is 2. The van der Waals surface area contributed by atoms with E-state index in [-0.39, 0.29) is 17.9 Å². The van der Waals surface area contributed by atoms with Gasteiger partial charge in [-0.25, -0.2) is 4.79 Å². The van der Waals surface area contributed by atoms with E-state index < -0.39 is 11.6 Å². The van der Waals surface area contributed by atoms with Crippen LogP contribution in [0.3, 0.4) is 0 Å². The van der Waals surface area contributed by atoms with E-state index in [9.17, 15) is 14.4 Å². The Balaban J connectivity index is 1.32. The van der Waals surface area contributed by atoms with Crippen LogP contribution in [0, 0.1) is 11.8 Å². The Labute approximate surface area is 214 Å². The summed E-state index contributed by atoms with van der Waals surface area (Å²) in [5, 5.41) is 9.09. The van der Waals surface area contributed by atoms with Crippen LogP contribution in [0.15, 0.2) is 18.2 Å². The second kappa shape index (κ2) is 11.0. The Bertz CT molecular complexity index is 959. The molecule has 3 saturated heterocycles. The van der Waals surface area contributed by atoms with Gasteiger partial charge in [-0.3, -0.25) is 14.9 Å². The lowest BCUT2D eigenvalue weighted by Crippen LogP contribution is -2.47. The molecule has 9 nitrogen and oxygen atoms in total. The molecule has 3 heterocycles. The topological polar surface area (TPSA) is 103 Å². The SMILES string of the molecule is CNc1c(NC2CCC(=O)NC2=O)cccc1N1CCC(C2CCN(C(=O)OC(C)(C)C)CC2)CC1. The summed E-state index contributed by atoms with van der Waals surface area (Å²) < 4.78 is 5.54. The Hall–Kier alpha value is -2.97. The van der Waals surface area contributed by atoms with Crippen LogP contribution >= 0.6 is 0 Å². The van der Waals surface area contributed by atoms with E-state index in [0.717, 1.165) is 68.9 Å². The molecule has 36 heavy (non-hydrogen) atoms. The quantitative estimate of drug-likeness (QED) is 0.530. The molecule has 3 aliphatic heterocycles. The van der Waals surface area contributed by atoms with E-state index in [1.807, 2.05) is 44.9 Å². The number of carbonyl (C=O) groups excluding carboxylic acids is 3. The molecule has 4 rings (SSSR count). The maximum Gasteiger partial charge on any atom is 0.410 e. The molecule has 9 heteroatoms. The van der Waals surface area contributed by atoms with Crippen LogP contribution in [0.2, 0.25) is 0 Å². The summed E-state index contributed by atoms with van der Waals surface area (Å²) in [5.41, 5.74) is 2.53. The molecule has 198 valence electrons. The molecule has 1 aromatic carbocycles. The maximum atomic E-state index is 12.4. The molecule has 3 N–H and O–H groups in total. The number of ether oxygens (including phenoxy) is 1.